The molecule has 0 bridgehead atoms. The van der Waals surface area contributed by atoms with Gasteiger partial charge in [0.25, 0.3) is 0 Å². The topological polar surface area (TPSA) is 79.6 Å². The number of Topliss-reactive ketones (excluding diaryl/α,β-unsaturated/α-hetero) is 2. The third-order valence-corrected chi connectivity index (χ3v) is 8.94. The average molecular weight is 529 g/mol. The second-order valence-electron chi connectivity index (χ2n) is 9.29. The summed E-state index contributed by atoms with van der Waals surface area (Å²) in [6.07, 6.45) is 8.94. The van der Waals surface area contributed by atoms with Crippen LogP contribution in [0.3, 0.4) is 0 Å². The Morgan fingerprint density at radius 1 is 1.00 bits per heavy atom. The molecular formula is C30H28N2O3S2. The Hall–Kier alpha value is -3.42. The molecule has 0 aliphatic heterocycles. The van der Waals surface area contributed by atoms with Crippen LogP contribution in [0, 0.1) is 0 Å². The fourth-order valence-electron chi connectivity index (χ4n) is 4.64. The maximum atomic E-state index is 12.8. The van der Waals surface area contributed by atoms with Crippen molar-refractivity contribution in [3.05, 3.63) is 92.2 Å². The van der Waals surface area contributed by atoms with Gasteiger partial charge >= 0.3 is 0 Å². The molecule has 4 aromatic rings. The summed E-state index contributed by atoms with van der Waals surface area (Å²) < 4.78 is 0. The molecule has 0 saturated heterocycles. The van der Waals surface area contributed by atoms with Crippen molar-refractivity contribution in [1.82, 2.24) is 4.98 Å². The zero-order valence-corrected chi connectivity index (χ0v) is 22.3. The lowest BCUT2D eigenvalue weighted by Gasteiger charge is -2.05. The highest BCUT2D eigenvalue weighted by Gasteiger charge is 2.18. The third kappa shape index (κ3) is 5.78. The SMILES string of the molecule is CC(=NCC(=O)c1ccc(C(=O)CCCc2ccncc2)s1)c1csc(-c2ccc3c(c2)CCC3)c1O. The van der Waals surface area contributed by atoms with Gasteiger partial charge in [0.15, 0.2) is 11.6 Å². The van der Waals surface area contributed by atoms with Crippen molar-refractivity contribution in [3.63, 3.8) is 0 Å². The van der Waals surface area contributed by atoms with Crippen molar-refractivity contribution in [2.45, 2.75) is 45.4 Å². The molecule has 1 aliphatic rings. The van der Waals surface area contributed by atoms with E-state index < -0.39 is 0 Å². The number of aromatic hydroxyl groups is 1. The largest absolute Gasteiger partial charge is 0.506 e. The number of carbonyl (C=O) groups is 2. The van der Waals surface area contributed by atoms with Crippen LogP contribution in [0.5, 0.6) is 5.75 Å². The second kappa shape index (κ2) is 11.3. The lowest BCUT2D eigenvalue weighted by Crippen LogP contribution is -2.04. The summed E-state index contributed by atoms with van der Waals surface area (Å²) >= 11 is 2.72. The van der Waals surface area contributed by atoms with Crippen LogP contribution >= 0.6 is 22.7 Å². The van der Waals surface area contributed by atoms with Crippen molar-refractivity contribution in [2.24, 2.45) is 4.99 Å². The van der Waals surface area contributed by atoms with Gasteiger partial charge < -0.3 is 5.11 Å². The lowest BCUT2D eigenvalue weighted by atomic mass is 10.0. The Bertz CT molecular complexity index is 1470. The highest BCUT2D eigenvalue weighted by atomic mass is 32.1. The van der Waals surface area contributed by atoms with Crippen molar-refractivity contribution in [2.75, 3.05) is 6.54 Å². The van der Waals surface area contributed by atoms with Crippen molar-refractivity contribution >= 4 is 40.0 Å². The lowest BCUT2D eigenvalue weighted by molar-refractivity contribution is 0.0982. The van der Waals surface area contributed by atoms with Crippen LogP contribution in [0.4, 0.5) is 0 Å². The van der Waals surface area contributed by atoms with E-state index in [2.05, 4.69) is 28.2 Å². The first-order chi connectivity index (χ1) is 18.0. The van der Waals surface area contributed by atoms with Crippen LogP contribution < -0.4 is 0 Å². The first-order valence-electron chi connectivity index (χ1n) is 12.5. The normalized spacial score (nSPS) is 13.1. The minimum Gasteiger partial charge on any atom is -0.506 e. The number of rotatable bonds is 10. The number of fused-ring (bicyclic) bond motifs is 1. The quantitative estimate of drug-likeness (QED) is 0.178. The van der Waals surface area contributed by atoms with E-state index in [1.165, 1.54) is 40.2 Å². The number of benzene rings is 1. The van der Waals surface area contributed by atoms with E-state index in [4.69, 9.17) is 0 Å². The van der Waals surface area contributed by atoms with Crippen LogP contribution in [-0.4, -0.2) is 33.9 Å². The van der Waals surface area contributed by atoms with E-state index >= 15 is 0 Å². The average Bonchev–Trinajstić information content (AvgIpc) is 3.67. The number of hydrogen-bond acceptors (Lipinski definition) is 7. The fraction of sp³-hybridized carbons (Fsp3) is 0.267. The summed E-state index contributed by atoms with van der Waals surface area (Å²) in [5, 5.41) is 12.8. The molecule has 3 heterocycles. The van der Waals surface area contributed by atoms with Gasteiger partial charge in [-0.25, -0.2) is 0 Å². The molecular weight excluding hydrogens is 500 g/mol. The van der Waals surface area contributed by atoms with Gasteiger partial charge in [0.1, 0.15) is 12.3 Å². The summed E-state index contributed by atoms with van der Waals surface area (Å²) in [4.78, 5) is 35.8. The predicted molar refractivity (Wildman–Crippen MR) is 151 cm³/mol. The monoisotopic (exact) mass is 528 g/mol. The molecule has 0 radical (unpaired) electrons. The maximum absolute atomic E-state index is 12.8. The van der Waals surface area contributed by atoms with E-state index in [0.29, 0.717) is 27.5 Å². The molecule has 7 heteroatoms. The number of nitrogens with zero attached hydrogens (tertiary/aromatic N) is 2. The molecule has 1 aliphatic carbocycles. The first-order valence-corrected chi connectivity index (χ1v) is 14.2. The molecule has 0 atom stereocenters. The smallest absolute Gasteiger partial charge is 0.194 e. The zero-order valence-electron chi connectivity index (χ0n) is 20.7. The van der Waals surface area contributed by atoms with Gasteiger partial charge in [-0.3, -0.25) is 19.6 Å². The number of pyridine rings is 1. The van der Waals surface area contributed by atoms with Gasteiger partial charge in [-0.05, 0) is 91.6 Å². The number of aliphatic imine (C=N–C) groups is 1. The second-order valence-corrected chi connectivity index (χ2v) is 11.2. The highest BCUT2D eigenvalue weighted by Crippen LogP contribution is 2.40. The van der Waals surface area contributed by atoms with Crippen LogP contribution in [0.15, 0.2) is 65.2 Å². The minimum absolute atomic E-state index is 0.0223. The van der Waals surface area contributed by atoms with E-state index in [-0.39, 0.29) is 23.9 Å². The Morgan fingerprint density at radius 2 is 1.76 bits per heavy atom. The molecule has 5 nitrogen and oxygen atoms in total. The summed E-state index contributed by atoms with van der Waals surface area (Å²) in [5.74, 6) is 0.140. The van der Waals surface area contributed by atoms with Crippen molar-refractivity contribution < 1.29 is 14.7 Å². The van der Waals surface area contributed by atoms with Gasteiger partial charge in [0.2, 0.25) is 0 Å². The molecule has 0 unspecified atom stereocenters. The molecule has 5 rings (SSSR count). The van der Waals surface area contributed by atoms with E-state index in [1.54, 1.807) is 24.5 Å². The standard InChI is InChI=1S/C30H28N2O3S2/c1-19(24-18-36-30(29(24)35)23-9-8-21-5-3-6-22(21)16-23)32-17-26(34)28-11-10-27(37-28)25(33)7-2-4-20-12-14-31-15-13-20/h8-16,18,35H,2-7,17H2,1H3. The Kier molecular flexibility index (Phi) is 7.72. The van der Waals surface area contributed by atoms with Crippen molar-refractivity contribution in [1.29, 1.82) is 0 Å². The summed E-state index contributed by atoms with van der Waals surface area (Å²) in [7, 11) is 0. The zero-order chi connectivity index (χ0) is 25.8. The molecule has 0 spiro atoms. The maximum Gasteiger partial charge on any atom is 0.194 e. The molecule has 0 saturated carbocycles. The van der Waals surface area contributed by atoms with Gasteiger partial charge in [0, 0.05) is 35.5 Å². The third-order valence-electron chi connectivity index (χ3n) is 6.75. The number of ketones is 2. The van der Waals surface area contributed by atoms with E-state index in [1.807, 2.05) is 24.4 Å². The predicted octanol–water partition coefficient (Wildman–Crippen LogP) is 6.96. The summed E-state index contributed by atoms with van der Waals surface area (Å²) in [5.41, 5.74) is 6.23. The number of hydrogen-bond donors (Lipinski definition) is 1. The van der Waals surface area contributed by atoms with Gasteiger partial charge in [-0.2, -0.15) is 0 Å². The molecule has 0 fully saturated rings. The fourth-order valence-corrected chi connectivity index (χ4v) is 6.55. The molecule has 188 valence electrons. The van der Waals surface area contributed by atoms with Crippen LogP contribution in [0.1, 0.15) is 67.8 Å². The molecule has 3 aromatic heterocycles. The van der Waals surface area contributed by atoms with Gasteiger partial charge in [-0.1, -0.05) is 12.1 Å². The summed E-state index contributed by atoms with van der Waals surface area (Å²) in [6.45, 7) is 1.79. The Morgan fingerprint density at radius 3 is 2.57 bits per heavy atom. The number of aromatic nitrogens is 1. The Labute approximate surface area is 224 Å². The van der Waals surface area contributed by atoms with Gasteiger partial charge in [-0.15, -0.1) is 22.7 Å². The molecule has 1 aromatic carbocycles. The molecule has 0 amide bonds. The van der Waals surface area contributed by atoms with Crippen LogP contribution in [-0.2, 0) is 19.3 Å². The molecule has 37 heavy (non-hydrogen) atoms. The molecule has 1 N–H and O–H groups in total. The minimum atomic E-state index is -0.131. The van der Waals surface area contributed by atoms with Crippen LogP contribution in [0.25, 0.3) is 10.4 Å². The first kappa shape index (κ1) is 25.2. The van der Waals surface area contributed by atoms with E-state index in [9.17, 15) is 14.7 Å². The highest BCUT2D eigenvalue weighted by molar-refractivity contribution is 7.16. The van der Waals surface area contributed by atoms with Crippen LogP contribution in [0.2, 0.25) is 0 Å². The Balaban J connectivity index is 1.19. The number of thiophene rings is 2. The van der Waals surface area contributed by atoms with E-state index in [0.717, 1.165) is 41.7 Å². The number of aryl methyl sites for hydroxylation is 3. The van der Waals surface area contributed by atoms with Crippen molar-refractivity contribution in [3.8, 4) is 16.2 Å². The van der Waals surface area contributed by atoms with Gasteiger partial charge in [0.05, 0.1) is 14.6 Å². The number of carbonyl (C=O) groups excluding carboxylic acids is 2. The summed E-state index contributed by atoms with van der Waals surface area (Å²) in [6, 6.07) is 13.8.